The molecule has 0 saturated heterocycles. The molecule has 0 aliphatic carbocycles. The summed E-state index contributed by atoms with van der Waals surface area (Å²) >= 11 is 0. The molecular formula is C17H21N3O3S. The normalized spacial score (nSPS) is 11.1. The maximum Gasteiger partial charge on any atom is 0.255 e. The molecule has 1 amide bonds. The molecule has 24 heavy (non-hydrogen) atoms. The van der Waals surface area contributed by atoms with E-state index in [0.29, 0.717) is 17.7 Å². The van der Waals surface area contributed by atoms with Crippen LogP contribution in [0, 0.1) is 13.8 Å². The lowest BCUT2D eigenvalue weighted by Gasteiger charge is -2.09. The van der Waals surface area contributed by atoms with Crippen molar-refractivity contribution in [1.29, 1.82) is 0 Å². The van der Waals surface area contributed by atoms with Gasteiger partial charge in [0, 0.05) is 17.4 Å². The number of nitrogens with zero attached hydrogens (tertiary/aromatic N) is 1. The highest BCUT2D eigenvalue weighted by atomic mass is 32.2. The van der Waals surface area contributed by atoms with Gasteiger partial charge in [0.1, 0.15) is 5.82 Å². The van der Waals surface area contributed by atoms with E-state index < -0.39 is 10.0 Å². The zero-order chi connectivity index (χ0) is 17.7. The number of pyridine rings is 1. The van der Waals surface area contributed by atoms with Crippen molar-refractivity contribution < 1.29 is 13.2 Å². The van der Waals surface area contributed by atoms with Gasteiger partial charge in [-0.1, -0.05) is 13.0 Å². The van der Waals surface area contributed by atoms with Crippen LogP contribution in [0.15, 0.2) is 36.5 Å². The molecule has 128 valence electrons. The summed E-state index contributed by atoms with van der Waals surface area (Å²) in [6.07, 6.45) is 1.90. The zero-order valence-corrected chi connectivity index (χ0v) is 14.8. The van der Waals surface area contributed by atoms with Crippen molar-refractivity contribution in [3.63, 3.8) is 0 Å². The van der Waals surface area contributed by atoms with Gasteiger partial charge in [0.15, 0.2) is 0 Å². The Morgan fingerprint density at radius 2 is 1.88 bits per heavy atom. The van der Waals surface area contributed by atoms with Crippen LogP contribution in [0.3, 0.4) is 0 Å². The third-order valence-corrected chi connectivity index (χ3v) is 4.99. The van der Waals surface area contributed by atoms with Crippen molar-refractivity contribution in [2.24, 2.45) is 0 Å². The van der Waals surface area contributed by atoms with E-state index in [1.54, 1.807) is 6.92 Å². The number of amides is 1. The monoisotopic (exact) mass is 347 g/mol. The van der Waals surface area contributed by atoms with E-state index in [0.717, 1.165) is 11.1 Å². The van der Waals surface area contributed by atoms with Gasteiger partial charge in [-0.3, -0.25) is 9.52 Å². The molecule has 1 heterocycles. The van der Waals surface area contributed by atoms with E-state index in [1.807, 2.05) is 32.0 Å². The Balaban J connectivity index is 2.15. The number of sulfonamides is 1. The highest BCUT2D eigenvalue weighted by Crippen LogP contribution is 2.16. The van der Waals surface area contributed by atoms with Crippen LogP contribution in [0.5, 0.6) is 0 Å². The molecule has 0 aliphatic heterocycles. The highest BCUT2D eigenvalue weighted by Gasteiger charge is 2.12. The molecule has 0 saturated carbocycles. The van der Waals surface area contributed by atoms with Gasteiger partial charge in [0.05, 0.1) is 5.75 Å². The van der Waals surface area contributed by atoms with Gasteiger partial charge in [-0.2, -0.15) is 0 Å². The Bertz CT molecular complexity index is 848. The highest BCUT2D eigenvalue weighted by molar-refractivity contribution is 7.92. The van der Waals surface area contributed by atoms with Crippen molar-refractivity contribution >= 4 is 27.4 Å². The van der Waals surface area contributed by atoms with Crippen LogP contribution in [0.25, 0.3) is 0 Å². The third-order valence-electron chi connectivity index (χ3n) is 3.52. The number of aromatic nitrogens is 1. The molecule has 2 N–H and O–H groups in total. The number of carbonyl (C=O) groups excluding carboxylic acids is 1. The predicted octanol–water partition coefficient (Wildman–Crippen LogP) is 3.10. The Labute approximate surface area is 142 Å². The number of rotatable bonds is 6. The number of aryl methyl sites for hydroxylation is 2. The molecule has 0 atom stereocenters. The second-order valence-electron chi connectivity index (χ2n) is 5.60. The summed E-state index contributed by atoms with van der Waals surface area (Å²) in [6, 6.07) is 8.60. The number of carbonyl (C=O) groups is 1. The quantitative estimate of drug-likeness (QED) is 0.840. The van der Waals surface area contributed by atoms with Crippen LogP contribution in [0.1, 0.15) is 34.8 Å². The first-order valence-corrected chi connectivity index (χ1v) is 9.31. The van der Waals surface area contributed by atoms with Gasteiger partial charge in [-0.15, -0.1) is 0 Å². The van der Waals surface area contributed by atoms with E-state index in [4.69, 9.17) is 0 Å². The van der Waals surface area contributed by atoms with Gasteiger partial charge in [-0.25, -0.2) is 13.4 Å². The average molecular weight is 347 g/mol. The van der Waals surface area contributed by atoms with E-state index >= 15 is 0 Å². The Morgan fingerprint density at radius 1 is 1.12 bits per heavy atom. The lowest BCUT2D eigenvalue weighted by molar-refractivity contribution is 0.102. The second kappa shape index (κ2) is 7.44. The molecule has 2 aromatic rings. The summed E-state index contributed by atoms with van der Waals surface area (Å²) in [5, 5.41) is 2.80. The van der Waals surface area contributed by atoms with Crippen LogP contribution in [0.4, 0.5) is 11.5 Å². The van der Waals surface area contributed by atoms with Gasteiger partial charge >= 0.3 is 0 Å². The molecule has 2 rings (SSSR count). The van der Waals surface area contributed by atoms with Crippen LogP contribution in [-0.2, 0) is 10.0 Å². The Hall–Kier alpha value is -2.41. The Kier molecular flexibility index (Phi) is 5.56. The number of nitrogens with one attached hydrogen (secondary N) is 2. The summed E-state index contributed by atoms with van der Waals surface area (Å²) in [5.41, 5.74) is 3.24. The largest absolute Gasteiger partial charge is 0.322 e. The van der Waals surface area contributed by atoms with Crippen molar-refractivity contribution in [3.05, 3.63) is 53.2 Å². The van der Waals surface area contributed by atoms with Crippen LogP contribution >= 0.6 is 0 Å². The smallest absolute Gasteiger partial charge is 0.255 e. The average Bonchev–Trinajstić information content (AvgIpc) is 2.50. The van der Waals surface area contributed by atoms with E-state index in [9.17, 15) is 13.2 Å². The number of hydrogen-bond acceptors (Lipinski definition) is 4. The zero-order valence-electron chi connectivity index (χ0n) is 14.0. The molecule has 0 unspecified atom stereocenters. The number of anilines is 2. The third kappa shape index (κ3) is 4.79. The van der Waals surface area contributed by atoms with Crippen molar-refractivity contribution in [2.75, 3.05) is 15.8 Å². The minimum Gasteiger partial charge on any atom is -0.322 e. The van der Waals surface area contributed by atoms with Crippen LogP contribution in [0.2, 0.25) is 0 Å². The molecule has 1 aromatic carbocycles. The molecule has 0 fully saturated rings. The fourth-order valence-electron chi connectivity index (χ4n) is 2.13. The first kappa shape index (κ1) is 17.9. The molecule has 0 spiro atoms. The summed E-state index contributed by atoms with van der Waals surface area (Å²) < 4.78 is 26.0. The summed E-state index contributed by atoms with van der Waals surface area (Å²) in [7, 11) is -3.44. The Morgan fingerprint density at radius 3 is 2.54 bits per heavy atom. The van der Waals surface area contributed by atoms with Gasteiger partial charge in [0.2, 0.25) is 10.0 Å². The fourth-order valence-corrected chi connectivity index (χ4v) is 3.20. The van der Waals surface area contributed by atoms with Crippen LogP contribution < -0.4 is 10.0 Å². The molecule has 0 aliphatic rings. The minimum atomic E-state index is -3.44. The second-order valence-corrected chi connectivity index (χ2v) is 7.45. The van der Waals surface area contributed by atoms with Crippen molar-refractivity contribution in [2.45, 2.75) is 27.2 Å². The van der Waals surface area contributed by atoms with Crippen molar-refractivity contribution in [1.82, 2.24) is 4.98 Å². The molecule has 0 radical (unpaired) electrons. The minimum absolute atomic E-state index is 0.00769. The summed E-state index contributed by atoms with van der Waals surface area (Å²) in [4.78, 5) is 16.3. The van der Waals surface area contributed by atoms with Crippen molar-refractivity contribution in [3.8, 4) is 0 Å². The topological polar surface area (TPSA) is 88.2 Å². The SMILES string of the molecule is CCCS(=O)(=O)Nc1cc(C(=O)Nc2ccc(C)c(C)c2)ccn1. The maximum atomic E-state index is 12.3. The van der Waals surface area contributed by atoms with E-state index in [1.165, 1.54) is 18.3 Å². The first-order chi connectivity index (χ1) is 11.3. The molecule has 0 bridgehead atoms. The van der Waals surface area contributed by atoms with Crippen LogP contribution in [-0.4, -0.2) is 25.1 Å². The lowest BCUT2D eigenvalue weighted by atomic mass is 10.1. The molecule has 1 aromatic heterocycles. The first-order valence-electron chi connectivity index (χ1n) is 7.66. The fraction of sp³-hybridized carbons (Fsp3) is 0.294. The van der Waals surface area contributed by atoms with Gasteiger partial charge in [0.25, 0.3) is 5.91 Å². The summed E-state index contributed by atoms with van der Waals surface area (Å²) in [5.74, 6) is -0.180. The van der Waals surface area contributed by atoms with E-state index in [-0.39, 0.29) is 17.5 Å². The summed E-state index contributed by atoms with van der Waals surface area (Å²) in [6.45, 7) is 5.75. The number of benzene rings is 1. The standard InChI is InChI=1S/C17H21N3O3S/c1-4-9-24(22,23)20-16-11-14(7-8-18-16)17(21)19-15-6-5-12(2)13(3)10-15/h5-8,10-11H,4,9H2,1-3H3,(H,18,20)(H,19,21). The van der Waals surface area contributed by atoms with E-state index in [2.05, 4.69) is 15.0 Å². The number of hydrogen-bond donors (Lipinski definition) is 2. The molecule has 6 nitrogen and oxygen atoms in total. The lowest BCUT2D eigenvalue weighted by Crippen LogP contribution is -2.18. The predicted molar refractivity (Wildman–Crippen MR) is 95.8 cm³/mol. The van der Waals surface area contributed by atoms with Gasteiger partial charge in [-0.05, 0) is 55.7 Å². The molecule has 7 heteroatoms. The molecular weight excluding hydrogens is 326 g/mol. The van der Waals surface area contributed by atoms with Gasteiger partial charge < -0.3 is 5.32 Å². The maximum absolute atomic E-state index is 12.3.